The third-order valence-electron chi connectivity index (χ3n) is 4.28. The maximum absolute atomic E-state index is 13.1. The minimum atomic E-state index is -4.56. The monoisotopic (exact) mass is 438 g/mol. The molecular formula is C21H15Cl2F3N2O. The Morgan fingerprint density at radius 3 is 2.17 bits per heavy atom. The van der Waals surface area contributed by atoms with Gasteiger partial charge in [-0.15, -0.1) is 0 Å². The molecule has 8 heteroatoms. The first-order valence-corrected chi connectivity index (χ1v) is 9.34. The number of nitrogens with one attached hydrogen (secondary N) is 1. The SMILES string of the molecule is O=C(NCC(c1ccccc1)c1cccc(C(F)(F)F)n1)c1c(Cl)cccc1Cl. The van der Waals surface area contributed by atoms with Gasteiger partial charge in [0, 0.05) is 12.5 Å². The molecule has 1 heterocycles. The zero-order valence-corrected chi connectivity index (χ0v) is 16.4. The number of pyridine rings is 1. The zero-order valence-electron chi connectivity index (χ0n) is 14.9. The molecule has 0 aliphatic carbocycles. The number of halogens is 5. The van der Waals surface area contributed by atoms with E-state index in [2.05, 4.69) is 10.3 Å². The summed E-state index contributed by atoms with van der Waals surface area (Å²) in [6.07, 6.45) is -4.56. The number of nitrogens with zero attached hydrogens (tertiary/aromatic N) is 1. The molecule has 0 spiro atoms. The van der Waals surface area contributed by atoms with Crippen LogP contribution >= 0.6 is 23.2 Å². The fraction of sp³-hybridized carbons (Fsp3) is 0.143. The van der Waals surface area contributed by atoms with Crippen molar-refractivity contribution in [2.45, 2.75) is 12.1 Å². The van der Waals surface area contributed by atoms with E-state index in [1.165, 1.54) is 24.3 Å². The van der Waals surface area contributed by atoms with Crippen LogP contribution in [-0.2, 0) is 6.18 Å². The highest BCUT2D eigenvalue weighted by molar-refractivity contribution is 6.39. The van der Waals surface area contributed by atoms with Crippen molar-refractivity contribution in [1.82, 2.24) is 10.3 Å². The summed E-state index contributed by atoms with van der Waals surface area (Å²) < 4.78 is 39.3. The molecule has 3 nitrogen and oxygen atoms in total. The highest BCUT2D eigenvalue weighted by Gasteiger charge is 2.33. The van der Waals surface area contributed by atoms with E-state index in [4.69, 9.17) is 23.2 Å². The predicted octanol–water partition coefficient (Wildman–Crippen LogP) is 5.97. The average molecular weight is 439 g/mol. The van der Waals surface area contributed by atoms with Crippen molar-refractivity contribution in [3.05, 3.63) is 99.3 Å². The van der Waals surface area contributed by atoms with Crippen LogP contribution in [0.15, 0.2) is 66.7 Å². The fourth-order valence-corrected chi connectivity index (χ4v) is 3.45. The minimum absolute atomic E-state index is 0.0126. The molecule has 0 aliphatic heterocycles. The molecule has 2 aromatic carbocycles. The number of hydrogen-bond acceptors (Lipinski definition) is 2. The number of carbonyl (C=O) groups excluding carboxylic acids is 1. The van der Waals surface area contributed by atoms with E-state index in [0.29, 0.717) is 5.56 Å². The highest BCUT2D eigenvalue weighted by atomic mass is 35.5. The Bertz CT molecular complexity index is 990. The number of amides is 1. The van der Waals surface area contributed by atoms with Crippen molar-refractivity contribution < 1.29 is 18.0 Å². The Balaban J connectivity index is 1.91. The molecule has 1 unspecified atom stereocenters. The van der Waals surface area contributed by atoms with Crippen LogP contribution in [0.2, 0.25) is 10.0 Å². The second-order valence-corrected chi connectivity index (χ2v) is 7.03. The molecular weight excluding hydrogens is 424 g/mol. The topological polar surface area (TPSA) is 42.0 Å². The van der Waals surface area contributed by atoms with E-state index in [1.807, 2.05) is 0 Å². The summed E-state index contributed by atoms with van der Waals surface area (Å²) in [5.74, 6) is -1.11. The summed E-state index contributed by atoms with van der Waals surface area (Å²) in [7, 11) is 0. The highest BCUT2D eigenvalue weighted by Crippen LogP contribution is 2.30. The lowest BCUT2D eigenvalue weighted by Gasteiger charge is -2.19. The van der Waals surface area contributed by atoms with Crippen LogP contribution in [0.5, 0.6) is 0 Å². The second kappa shape index (κ2) is 8.84. The number of aromatic nitrogens is 1. The summed E-state index contributed by atoms with van der Waals surface area (Å²) >= 11 is 12.1. The summed E-state index contributed by atoms with van der Waals surface area (Å²) in [4.78, 5) is 16.4. The lowest BCUT2D eigenvalue weighted by molar-refractivity contribution is -0.141. The largest absolute Gasteiger partial charge is 0.433 e. The van der Waals surface area contributed by atoms with E-state index >= 15 is 0 Å². The molecule has 0 saturated heterocycles. The van der Waals surface area contributed by atoms with Gasteiger partial charge in [-0.2, -0.15) is 13.2 Å². The van der Waals surface area contributed by atoms with Gasteiger partial charge < -0.3 is 5.32 Å². The third kappa shape index (κ3) is 5.08. The lowest BCUT2D eigenvalue weighted by Crippen LogP contribution is -2.30. The maximum Gasteiger partial charge on any atom is 0.433 e. The first kappa shape index (κ1) is 21.1. The van der Waals surface area contributed by atoms with Gasteiger partial charge in [-0.1, -0.05) is 65.7 Å². The summed E-state index contributed by atoms with van der Waals surface area (Å²) in [5, 5.41) is 3.07. The van der Waals surface area contributed by atoms with Gasteiger partial charge >= 0.3 is 6.18 Å². The van der Waals surface area contributed by atoms with Crippen LogP contribution in [0.4, 0.5) is 13.2 Å². The van der Waals surface area contributed by atoms with Gasteiger partial charge in [-0.3, -0.25) is 4.79 Å². The van der Waals surface area contributed by atoms with Gasteiger partial charge in [0.05, 0.1) is 21.3 Å². The average Bonchev–Trinajstić information content (AvgIpc) is 2.68. The van der Waals surface area contributed by atoms with Crippen molar-refractivity contribution in [1.29, 1.82) is 0 Å². The van der Waals surface area contributed by atoms with Crippen LogP contribution in [0.1, 0.15) is 33.2 Å². The zero-order chi connectivity index (χ0) is 21.0. The van der Waals surface area contributed by atoms with E-state index in [1.54, 1.807) is 36.4 Å². The molecule has 150 valence electrons. The third-order valence-corrected chi connectivity index (χ3v) is 4.91. The van der Waals surface area contributed by atoms with Gasteiger partial charge in [-0.25, -0.2) is 4.98 Å². The van der Waals surface area contributed by atoms with E-state index in [9.17, 15) is 18.0 Å². The predicted molar refractivity (Wildman–Crippen MR) is 106 cm³/mol. The second-order valence-electron chi connectivity index (χ2n) is 6.22. The van der Waals surface area contributed by atoms with Gasteiger partial charge in [0.1, 0.15) is 5.69 Å². The molecule has 3 aromatic rings. The Morgan fingerprint density at radius 1 is 0.931 bits per heavy atom. The van der Waals surface area contributed by atoms with Gasteiger partial charge in [0.2, 0.25) is 0 Å². The molecule has 29 heavy (non-hydrogen) atoms. The summed E-state index contributed by atoms with van der Waals surface area (Å²) in [5.41, 5.74) is 0.0255. The summed E-state index contributed by atoms with van der Waals surface area (Å²) in [6.45, 7) is 0.0126. The Labute approximate surface area is 175 Å². The van der Waals surface area contributed by atoms with Crippen molar-refractivity contribution in [2.24, 2.45) is 0 Å². The molecule has 1 aromatic heterocycles. The minimum Gasteiger partial charge on any atom is -0.351 e. The fourth-order valence-electron chi connectivity index (χ4n) is 2.88. The maximum atomic E-state index is 13.1. The van der Waals surface area contributed by atoms with Crippen LogP contribution in [-0.4, -0.2) is 17.4 Å². The van der Waals surface area contributed by atoms with E-state index in [-0.39, 0.29) is 27.8 Å². The Hall–Kier alpha value is -2.57. The van der Waals surface area contributed by atoms with Crippen molar-refractivity contribution >= 4 is 29.1 Å². The van der Waals surface area contributed by atoms with E-state index < -0.39 is 23.7 Å². The van der Waals surface area contributed by atoms with Gasteiger partial charge in [0.15, 0.2) is 0 Å². The number of alkyl halides is 3. The molecule has 0 saturated carbocycles. The molecule has 0 aliphatic rings. The molecule has 3 rings (SSSR count). The van der Waals surface area contributed by atoms with Crippen LogP contribution < -0.4 is 5.32 Å². The molecule has 1 atom stereocenters. The van der Waals surface area contributed by atoms with E-state index in [0.717, 1.165) is 6.07 Å². The van der Waals surface area contributed by atoms with Crippen molar-refractivity contribution in [3.63, 3.8) is 0 Å². The van der Waals surface area contributed by atoms with Crippen molar-refractivity contribution in [2.75, 3.05) is 6.54 Å². The number of benzene rings is 2. The molecule has 0 fully saturated rings. The van der Waals surface area contributed by atoms with Gasteiger partial charge in [0.25, 0.3) is 5.91 Å². The first-order valence-electron chi connectivity index (χ1n) is 8.58. The summed E-state index contributed by atoms with van der Waals surface area (Å²) in [6, 6.07) is 17.2. The number of hydrogen-bond donors (Lipinski definition) is 1. The normalized spacial score (nSPS) is 12.4. The Morgan fingerprint density at radius 2 is 1.55 bits per heavy atom. The molecule has 1 N–H and O–H groups in total. The van der Waals surface area contributed by atoms with Gasteiger partial charge in [-0.05, 0) is 29.8 Å². The van der Waals surface area contributed by atoms with Crippen LogP contribution in [0.3, 0.4) is 0 Å². The molecule has 1 amide bonds. The Kier molecular flexibility index (Phi) is 6.45. The lowest BCUT2D eigenvalue weighted by atomic mass is 9.94. The smallest absolute Gasteiger partial charge is 0.351 e. The van der Waals surface area contributed by atoms with Crippen LogP contribution in [0.25, 0.3) is 0 Å². The number of rotatable bonds is 5. The molecule has 0 radical (unpaired) electrons. The quantitative estimate of drug-likeness (QED) is 0.533. The number of carbonyl (C=O) groups is 1. The standard InChI is InChI=1S/C21H15Cl2F3N2O/c22-15-8-4-9-16(23)19(15)20(29)27-12-14(13-6-2-1-3-7-13)17-10-5-11-18(28-17)21(24,25)26/h1-11,14H,12H2,(H,27,29). The van der Waals surface area contributed by atoms with Crippen molar-refractivity contribution in [3.8, 4) is 0 Å². The van der Waals surface area contributed by atoms with Crippen LogP contribution in [0, 0.1) is 0 Å². The molecule has 0 bridgehead atoms. The first-order chi connectivity index (χ1) is 13.8.